The molecule has 138 valence electrons. The zero-order valence-electron chi connectivity index (χ0n) is 14.6. The molecule has 0 N–H and O–H groups in total. The summed E-state index contributed by atoms with van der Waals surface area (Å²) in [4.78, 5) is 16.0. The summed E-state index contributed by atoms with van der Waals surface area (Å²) in [5, 5.41) is 10.3. The van der Waals surface area contributed by atoms with Crippen LogP contribution >= 0.6 is 11.3 Å². The van der Waals surface area contributed by atoms with Crippen molar-refractivity contribution in [1.29, 1.82) is 0 Å². The average Bonchev–Trinajstić information content (AvgIpc) is 3.36. The predicted octanol–water partition coefficient (Wildman–Crippen LogP) is 2.38. The molecule has 0 radical (unpaired) electrons. The number of benzene rings is 1. The minimum absolute atomic E-state index is 0.0794. The molecule has 4 heterocycles. The van der Waals surface area contributed by atoms with Crippen LogP contribution in [0, 0.1) is 0 Å². The Kier molecular flexibility index (Phi) is 4.05. The first-order valence-electron chi connectivity index (χ1n) is 8.89. The molecule has 7 nitrogen and oxygen atoms in total. The van der Waals surface area contributed by atoms with Gasteiger partial charge < -0.3 is 14.4 Å². The number of carbonyl (C=O) groups excluding carboxylic acids is 1. The van der Waals surface area contributed by atoms with E-state index in [4.69, 9.17) is 9.47 Å². The average molecular weight is 382 g/mol. The highest BCUT2D eigenvalue weighted by molar-refractivity contribution is 7.10. The van der Waals surface area contributed by atoms with E-state index in [1.807, 2.05) is 29.2 Å². The van der Waals surface area contributed by atoms with Crippen molar-refractivity contribution in [2.75, 3.05) is 13.2 Å². The lowest BCUT2D eigenvalue weighted by molar-refractivity contribution is 0.0727. The third-order valence-electron chi connectivity index (χ3n) is 4.81. The van der Waals surface area contributed by atoms with E-state index in [0.29, 0.717) is 25.4 Å². The molecule has 1 atom stereocenters. The molecule has 1 aromatic carbocycles. The third kappa shape index (κ3) is 3.16. The van der Waals surface area contributed by atoms with E-state index in [1.54, 1.807) is 22.2 Å². The molecule has 0 spiro atoms. The van der Waals surface area contributed by atoms with Crippen LogP contribution in [0.1, 0.15) is 20.9 Å². The maximum absolute atomic E-state index is 12.8. The van der Waals surface area contributed by atoms with E-state index in [-0.39, 0.29) is 12.0 Å². The van der Waals surface area contributed by atoms with Crippen LogP contribution in [0.25, 0.3) is 0 Å². The van der Waals surface area contributed by atoms with Crippen LogP contribution in [0.2, 0.25) is 0 Å². The summed E-state index contributed by atoms with van der Waals surface area (Å²) in [5.74, 6) is 1.40. The molecule has 0 saturated carbocycles. The molecule has 2 aliphatic heterocycles. The van der Waals surface area contributed by atoms with Crippen LogP contribution < -0.4 is 9.47 Å². The van der Waals surface area contributed by atoms with Crippen LogP contribution in [0.15, 0.2) is 41.9 Å². The highest BCUT2D eigenvalue weighted by atomic mass is 32.1. The van der Waals surface area contributed by atoms with Crippen molar-refractivity contribution < 1.29 is 14.3 Å². The monoisotopic (exact) mass is 382 g/mol. The fourth-order valence-corrected chi connectivity index (χ4v) is 4.32. The Labute approximate surface area is 160 Å². The SMILES string of the molecule is O=C(c1cn(CC2COc3ccccc3O2)nn1)N1CCc2sccc2C1. The van der Waals surface area contributed by atoms with Crippen molar-refractivity contribution in [1.82, 2.24) is 19.9 Å². The summed E-state index contributed by atoms with van der Waals surface area (Å²) in [6.45, 7) is 2.27. The van der Waals surface area contributed by atoms with E-state index >= 15 is 0 Å². The van der Waals surface area contributed by atoms with Crippen LogP contribution in [0.4, 0.5) is 0 Å². The van der Waals surface area contributed by atoms with E-state index in [0.717, 1.165) is 24.5 Å². The number of nitrogens with zero attached hydrogens (tertiary/aromatic N) is 4. The zero-order valence-corrected chi connectivity index (χ0v) is 15.4. The number of para-hydroxylation sites is 2. The maximum atomic E-state index is 12.8. The van der Waals surface area contributed by atoms with E-state index in [1.165, 1.54) is 10.4 Å². The van der Waals surface area contributed by atoms with Crippen molar-refractivity contribution in [3.05, 3.63) is 58.0 Å². The number of hydrogen-bond donors (Lipinski definition) is 0. The fraction of sp³-hybridized carbons (Fsp3) is 0.316. The molecular weight excluding hydrogens is 364 g/mol. The first-order valence-corrected chi connectivity index (χ1v) is 9.77. The molecule has 0 bridgehead atoms. The molecule has 1 amide bonds. The second-order valence-electron chi connectivity index (χ2n) is 6.67. The number of fused-ring (bicyclic) bond motifs is 2. The van der Waals surface area contributed by atoms with Crippen LogP contribution in [-0.4, -0.2) is 45.1 Å². The smallest absolute Gasteiger partial charge is 0.276 e. The van der Waals surface area contributed by atoms with Crippen molar-refractivity contribution in [2.24, 2.45) is 0 Å². The molecule has 0 aliphatic carbocycles. The van der Waals surface area contributed by atoms with Gasteiger partial charge in [-0.15, -0.1) is 16.4 Å². The van der Waals surface area contributed by atoms with Crippen molar-refractivity contribution in [3.63, 3.8) is 0 Å². The molecule has 8 heteroatoms. The minimum Gasteiger partial charge on any atom is -0.486 e. The van der Waals surface area contributed by atoms with Gasteiger partial charge >= 0.3 is 0 Å². The normalized spacial score (nSPS) is 18.2. The van der Waals surface area contributed by atoms with Gasteiger partial charge in [0.15, 0.2) is 23.3 Å². The first-order chi connectivity index (χ1) is 13.3. The number of hydrogen-bond acceptors (Lipinski definition) is 6. The summed E-state index contributed by atoms with van der Waals surface area (Å²) < 4.78 is 13.3. The molecule has 1 unspecified atom stereocenters. The van der Waals surface area contributed by atoms with Gasteiger partial charge in [0.1, 0.15) is 6.61 Å². The van der Waals surface area contributed by atoms with Gasteiger partial charge in [-0.05, 0) is 35.6 Å². The Morgan fingerprint density at radius 3 is 3.07 bits per heavy atom. The van der Waals surface area contributed by atoms with E-state index < -0.39 is 0 Å². The molecule has 5 rings (SSSR count). The summed E-state index contributed by atoms with van der Waals surface area (Å²) >= 11 is 1.76. The topological polar surface area (TPSA) is 69.5 Å². The Bertz CT molecular complexity index is 983. The van der Waals surface area contributed by atoms with E-state index in [9.17, 15) is 4.79 Å². The Morgan fingerprint density at radius 1 is 1.26 bits per heavy atom. The van der Waals surface area contributed by atoms with Gasteiger partial charge in [0.25, 0.3) is 5.91 Å². The summed E-state index contributed by atoms with van der Waals surface area (Å²) in [5.41, 5.74) is 1.60. The molecule has 2 aliphatic rings. The number of rotatable bonds is 3. The highest BCUT2D eigenvalue weighted by Crippen LogP contribution is 2.31. The van der Waals surface area contributed by atoms with Gasteiger partial charge in [0.2, 0.25) is 0 Å². The Morgan fingerprint density at radius 2 is 2.15 bits per heavy atom. The minimum atomic E-state index is -0.173. The lowest BCUT2D eigenvalue weighted by Crippen LogP contribution is -2.35. The number of thiophene rings is 1. The largest absolute Gasteiger partial charge is 0.486 e. The Balaban J connectivity index is 1.25. The Hall–Kier alpha value is -2.87. The maximum Gasteiger partial charge on any atom is 0.276 e. The lowest BCUT2D eigenvalue weighted by Gasteiger charge is -2.26. The van der Waals surface area contributed by atoms with Gasteiger partial charge in [0, 0.05) is 18.0 Å². The van der Waals surface area contributed by atoms with Gasteiger partial charge in [-0.25, -0.2) is 4.68 Å². The molecular formula is C19H18N4O3S. The molecule has 2 aromatic heterocycles. The zero-order chi connectivity index (χ0) is 18.2. The summed E-state index contributed by atoms with van der Waals surface area (Å²) in [6.07, 6.45) is 2.42. The van der Waals surface area contributed by atoms with Gasteiger partial charge in [-0.1, -0.05) is 17.3 Å². The van der Waals surface area contributed by atoms with Crippen molar-refractivity contribution >= 4 is 17.2 Å². The predicted molar refractivity (Wildman–Crippen MR) is 99.1 cm³/mol. The van der Waals surface area contributed by atoms with Gasteiger partial charge in [0.05, 0.1) is 12.7 Å². The molecule has 0 saturated heterocycles. The van der Waals surface area contributed by atoms with Crippen molar-refractivity contribution in [2.45, 2.75) is 25.6 Å². The number of ether oxygens (including phenoxy) is 2. The number of amides is 1. The third-order valence-corrected chi connectivity index (χ3v) is 5.83. The summed E-state index contributed by atoms with van der Waals surface area (Å²) in [6, 6.07) is 9.68. The summed E-state index contributed by atoms with van der Waals surface area (Å²) in [7, 11) is 0. The van der Waals surface area contributed by atoms with Crippen LogP contribution in [0.5, 0.6) is 11.5 Å². The van der Waals surface area contributed by atoms with Crippen molar-refractivity contribution in [3.8, 4) is 11.5 Å². The highest BCUT2D eigenvalue weighted by Gasteiger charge is 2.26. The second-order valence-corrected chi connectivity index (χ2v) is 7.67. The standard InChI is InChI=1S/C19H18N4O3S/c24-19(22-7-5-18-13(9-22)6-8-27-18)15-11-23(21-20-15)10-14-12-25-16-3-1-2-4-17(16)26-14/h1-4,6,8,11,14H,5,7,9-10,12H2. The van der Waals surface area contributed by atoms with Gasteiger partial charge in [-0.2, -0.15) is 0 Å². The molecule has 27 heavy (non-hydrogen) atoms. The molecule has 3 aromatic rings. The van der Waals surface area contributed by atoms with E-state index in [2.05, 4.69) is 21.8 Å². The number of carbonyl (C=O) groups is 1. The second kappa shape index (κ2) is 6.70. The first kappa shape index (κ1) is 16.3. The van der Waals surface area contributed by atoms with Crippen LogP contribution in [-0.2, 0) is 19.5 Å². The quantitative estimate of drug-likeness (QED) is 0.696. The fourth-order valence-electron chi connectivity index (χ4n) is 3.43. The van der Waals surface area contributed by atoms with Crippen LogP contribution in [0.3, 0.4) is 0 Å². The molecule has 0 fully saturated rings. The number of aromatic nitrogens is 3. The lowest BCUT2D eigenvalue weighted by atomic mass is 10.1. The van der Waals surface area contributed by atoms with Gasteiger partial charge in [-0.3, -0.25) is 4.79 Å².